The van der Waals surface area contributed by atoms with E-state index in [-0.39, 0.29) is 11.3 Å². The molecule has 0 radical (unpaired) electrons. The molecule has 1 N–H and O–H groups in total. The van der Waals surface area contributed by atoms with Gasteiger partial charge in [0, 0.05) is 12.1 Å². The van der Waals surface area contributed by atoms with Crippen LogP contribution in [0.4, 0.5) is 4.39 Å². The number of hydrogen-bond donors (Lipinski definition) is 1. The number of carbonyl (C=O) groups excluding carboxylic acids is 2. The third-order valence-electron chi connectivity index (χ3n) is 5.82. The minimum absolute atomic E-state index is 0.0447. The summed E-state index contributed by atoms with van der Waals surface area (Å²) < 4.78 is 13.5. The number of rotatable bonds is 8. The molecular weight excluding hydrogens is 395 g/mol. The lowest BCUT2D eigenvalue weighted by Crippen LogP contribution is -2.33. The van der Waals surface area contributed by atoms with Crippen LogP contribution in [-0.4, -0.2) is 52.8 Å². The molecule has 3 rings (SSSR count). The van der Waals surface area contributed by atoms with E-state index in [2.05, 4.69) is 18.7 Å². The van der Waals surface area contributed by atoms with Gasteiger partial charge >= 0.3 is 0 Å². The van der Waals surface area contributed by atoms with Crippen LogP contribution in [-0.2, 0) is 9.59 Å². The fourth-order valence-corrected chi connectivity index (χ4v) is 3.97. The van der Waals surface area contributed by atoms with Crippen LogP contribution >= 0.6 is 0 Å². The number of halogens is 1. The van der Waals surface area contributed by atoms with Gasteiger partial charge in [0.1, 0.15) is 11.6 Å². The maximum absolute atomic E-state index is 13.5. The Morgan fingerprint density at radius 2 is 1.65 bits per heavy atom. The van der Waals surface area contributed by atoms with Gasteiger partial charge in [0.25, 0.3) is 11.7 Å². The summed E-state index contributed by atoms with van der Waals surface area (Å²) in [6, 6.07) is 12.1. The molecule has 1 unspecified atom stereocenters. The summed E-state index contributed by atoms with van der Waals surface area (Å²) in [4.78, 5) is 29.6. The molecule has 1 aliphatic rings. The van der Waals surface area contributed by atoms with Gasteiger partial charge in [-0.05, 0) is 50.7 Å². The number of aliphatic hydroxyl groups is 1. The normalized spacial score (nSPS) is 18.2. The summed E-state index contributed by atoms with van der Waals surface area (Å²) in [5.41, 5.74) is 2.13. The largest absolute Gasteiger partial charge is 0.507 e. The molecule has 0 saturated carbocycles. The Balaban J connectivity index is 2.01. The smallest absolute Gasteiger partial charge is 0.295 e. The van der Waals surface area contributed by atoms with Gasteiger partial charge in [-0.25, -0.2) is 4.39 Å². The Kier molecular flexibility index (Phi) is 7.23. The second-order valence-corrected chi connectivity index (χ2v) is 7.79. The third kappa shape index (κ3) is 4.85. The highest BCUT2D eigenvalue weighted by Gasteiger charge is 2.45. The lowest BCUT2D eigenvalue weighted by molar-refractivity contribution is -0.140. The topological polar surface area (TPSA) is 60.9 Å². The molecule has 1 atom stereocenters. The molecule has 1 saturated heterocycles. The van der Waals surface area contributed by atoms with Gasteiger partial charge in [0.15, 0.2) is 0 Å². The van der Waals surface area contributed by atoms with Gasteiger partial charge in [0.05, 0.1) is 11.6 Å². The molecule has 6 heteroatoms. The van der Waals surface area contributed by atoms with E-state index in [0.29, 0.717) is 24.1 Å². The maximum atomic E-state index is 13.5. The molecule has 0 spiro atoms. The minimum Gasteiger partial charge on any atom is -0.507 e. The molecule has 0 aromatic heterocycles. The summed E-state index contributed by atoms with van der Waals surface area (Å²) in [7, 11) is 0. The highest BCUT2D eigenvalue weighted by atomic mass is 19.1. The molecule has 5 nitrogen and oxygen atoms in total. The van der Waals surface area contributed by atoms with E-state index < -0.39 is 23.5 Å². The number of likely N-dealkylation sites (tertiary alicyclic amines) is 1. The summed E-state index contributed by atoms with van der Waals surface area (Å²) in [5.74, 6) is -1.96. The van der Waals surface area contributed by atoms with Crippen LogP contribution < -0.4 is 0 Å². The Hall–Kier alpha value is -2.99. The average Bonchev–Trinajstić information content (AvgIpc) is 3.02. The predicted molar refractivity (Wildman–Crippen MR) is 119 cm³/mol. The van der Waals surface area contributed by atoms with Gasteiger partial charge < -0.3 is 14.9 Å². The number of hydrogen-bond acceptors (Lipinski definition) is 4. The highest BCUT2D eigenvalue weighted by molar-refractivity contribution is 6.46. The maximum Gasteiger partial charge on any atom is 0.295 e. The molecule has 2 aromatic rings. The van der Waals surface area contributed by atoms with Crippen LogP contribution in [0.2, 0.25) is 0 Å². The van der Waals surface area contributed by atoms with Gasteiger partial charge in [0.2, 0.25) is 0 Å². The fraction of sp³-hybridized carbons (Fsp3) is 0.360. The number of benzene rings is 2. The van der Waals surface area contributed by atoms with Gasteiger partial charge in [-0.15, -0.1) is 0 Å². The molecule has 0 aliphatic carbocycles. The first-order valence-corrected chi connectivity index (χ1v) is 10.7. The third-order valence-corrected chi connectivity index (χ3v) is 5.82. The van der Waals surface area contributed by atoms with Crippen molar-refractivity contribution in [3.05, 3.63) is 76.6 Å². The van der Waals surface area contributed by atoms with E-state index in [0.717, 1.165) is 25.2 Å². The quantitative estimate of drug-likeness (QED) is 0.390. The predicted octanol–water partition coefficient (Wildman–Crippen LogP) is 4.29. The van der Waals surface area contributed by atoms with E-state index in [4.69, 9.17) is 0 Å². The lowest BCUT2D eigenvalue weighted by atomic mass is 9.95. The van der Waals surface area contributed by atoms with Crippen molar-refractivity contribution >= 4 is 17.4 Å². The van der Waals surface area contributed by atoms with Crippen LogP contribution in [0.3, 0.4) is 0 Å². The van der Waals surface area contributed by atoms with Gasteiger partial charge in [-0.3, -0.25) is 9.59 Å². The van der Waals surface area contributed by atoms with Crippen molar-refractivity contribution in [2.24, 2.45) is 0 Å². The zero-order valence-electron chi connectivity index (χ0n) is 18.3. The summed E-state index contributed by atoms with van der Waals surface area (Å²) in [5, 5.41) is 11.0. The van der Waals surface area contributed by atoms with Crippen molar-refractivity contribution in [2.75, 3.05) is 26.2 Å². The molecule has 0 bridgehead atoms. The van der Waals surface area contributed by atoms with Crippen LogP contribution in [0.5, 0.6) is 0 Å². The van der Waals surface area contributed by atoms with E-state index in [1.165, 1.54) is 17.0 Å². The second kappa shape index (κ2) is 9.88. The second-order valence-electron chi connectivity index (χ2n) is 7.79. The zero-order valence-corrected chi connectivity index (χ0v) is 18.3. The molecular formula is C25H29FN2O3. The van der Waals surface area contributed by atoms with E-state index >= 15 is 0 Å². The van der Waals surface area contributed by atoms with Gasteiger partial charge in [-0.2, -0.15) is 0 Å². The number of aryl methyl sites for hydroxylation is 1. The van der Waals surface area contributed by atoms with Crippen LogP contribution in [0.25, 0.3) is 5.76 Å². The molecule has 2 aromatic carbocycles. The number of nitrogens with zero attached hydrogens (tertiary/aromatic N) is 2. The minimum atomic E-state index is -0.751. The van der Waals surface area contributed by atoms with Crippen molar-refractivity contribution in [2.45, 2.75) is 33.2 Å². The first-order valence-electron chi connectivity index (χ1n) is 10.7. The number of ketones is 1. The molecule has 31 heavy (non-hydrogen) atoms. The molecule has 1 amide bonds. The Bertz CT molecular complexity index is 963. The van der Waals surface area contributed by atoms with Crippen molar-refractivity contribution in [1.29, 1.82) is 0 Å². The fourth-order valence-electron chi connectivity index (χ4n) is 3.97. The number of aliphatic hydroxyl groups excluding tert-OH is 1. The van der Waals surface area contributed by atoms with Gasteiger partial charge in [-0.1, -0.05) is 55.8 Å². The zero-order chi connectivity index (χ0) is 22.5. The standard InChI is InChI=1S/C25H29FN2O3/c1-4-27(5-2)15-6-16-28-22(18-11-13-20(26)14-12-18)21(24(30)25(28)31)23(29)19-9-7-17(3)8-10-19/h7-14,22,29H,4-6,15-16H2,1-3H3/b23-21+. The lowest BCUT2D eigenvalue weighted by Gasteiger charge is -2.26. The van der Waals surface area contributed by atoms with E-state index in [1.54, 1.807) is 24.3 Å². The average molecular weight is 425 g/mol. The van der Waals surface area contributed by atoms with Crippen LogP contribution in [0.15, 0.2) is 54.1 Å². The number of Topliss-reactive ketones (excluding diaryl/α,β-unsaturated/α-hetero) is 1. The van der Waals surface area contributed by atoms with E-state index in [1.807, 2.05) is 19.1 Å². The van der Waals surface area contributed by atoms with Crippen molar-refractivity contribution < 1.29 is 19.1 Å². The Labute approximate surface area is 182 Å². The molecule has 164 valence electrons. The van der Waals surface area contributed by atoms with Crippen LogP contribution in [0, 0.1) is 12.7 Å². The Morgan fingerprint density at radius 1 is 1.03 bits per heavy atom. The summed E-state index contributed by atoms with van der Waals surface area (Å²) in [6.45, 7) is 9.06. The summed E-state index contributed by atoms with van der Waals surface area (Å²) >= 11 is 0. The van der Waals surface area contributed by atoms with Crippen molar-refractivity contribution in [3.8, 4) is 0 Å². The first kappa shape index (κ1) is 22.7. The SMILES string of the molecule is CCN(CC)CCCN1C(=O)C(=O)/C(=C(/O)c2ccc(C)cc2)C1c1ccc(F)cc1. The number of carbonyl (C=O) groups is 2. The summed E-state index contributed by atoms with van der Waals surface area (Å²) in [6.07, 6.45) is 0.691. The molecule has 1 fully saturated rings. The van der Waals surface area contributed by atoms with Crippen molar-refractivity contribution in [1.82, 2.24) is 9.80 Å². The first-order chi connectivity index (χ1) is 14.9. The van der Waals surface area contributed by atoms with E-state index in [9.17, 15) is 19.1 Å². The Morgan fingerprint density at radius 3 is 2.23 bits per heavy atom. The van der Waals surface area contributed by atoms with Crippen LogP contribution in [0.1, 0.15) is 43.0 Å². The number of amides is 1. The monoisotopic (exact) mass is 424 g/mol. The molecule has 1 heterocycles. The highest BCUT2D eigenvalue weighted by Crippen LogP contribution is 2.39. The van der Waals surface area contributed by atoms with Crippen molar-refractivity contribution in [3.63, 3.8) is 0 Å². The molecule has 1 aliphatic heterocycles.